The Morgan fingerprint density at radius 2 is 1.41 bits per heavy atom. The second kappa shape index (κ2) is 8.24. The van der Waals surface area contributed by atoms with Gasteiger partial charge in [0, 0.05) is 13.2 Å². The van der Waals surface area contributed by atoms with Gasteiger partial charge in [-0.1, -0.05) is 13.8 Å². The van der Waals surface area contributed by atoms with Crippen LogP contribution in [0.4, 0.5) is 0 Å². The molecule has 104 valence electrons. The molecule has 0 unspecified atom stereocenters. The Morgan fingerprint density at radius 1 is 0.941 bits per heavy atom. The highest BCUT2D eigenvalue weighted by molar-refractivity contribution is 6.66. The van der Waals surface area contributed by atoms with Crippen LogP contribution in [0.2, 0.25) is 12.6 Å². The van der Waals surface area contributed by atoms with Gasteiger partial charge in [0.25, 0.3) is 0 Å². The van der Waals surface area contributed by atoms with E-state index in [4.69, 9.17) is 8.85 Å². The Morgan fingerprint density at radius 3 is 1.76 bits per heavy atom. The fourth-order valence-corrected chi connectivity index (χ4v) is 4.14. The molecule has 0 aliphatic carbocycles. The van der Waals surface area contributed by atoms with E-state index in [0.717, 1.165) is 36.6 Å². The lowest BCUT2D eigenvalue weighted by atomic mass is 10.4. The smallest absolute Gasteiger partial charge is 0.335 e. The highest BCUT2D eigenvalue weighted by Gasteiger charge is 2.31. The van der Waals surface area contributed by atoms with E-state index in [1.165, 1.54) is 13.0 Å². The van der Waals surface area contributed by atoms with E-state index < -0.39 is 8.56 Å². The van der Waals surface area contributed by atoms with Crippen molar-refractivity contribution in [3.63, 3.8) is 0 Å². The van der Waals surface area contributed by atoms with E-state index >= 15 is 0 Å². The molecule has 0 aromatic heterocycles. The maximum absolute atomic E-state index is 6.01. The SMILES string of the molecule is CCCO[Si](C)(CCC[N+](C)(C)C)OCCC. The molecule has 0 spiro atoms. The first-order valence-corrected chi connectivity index (χ1v) is 9.43. The molecule has 0 aliphatic rings. The maximum atomic E-state index is 6.01. The Labute approximate surface area is 109 Å². The molecule has 0 N–H and O–H groups in total. The summed E-state index contributed by atoms with van der Waals surface area (Å²) in [4.78, 5) is 0. The predicted molar refractivity (Wildman–Crippen MR) is 76.4 cm³/mol. The molecule has 0 atom stereocenters. The van der Waals surface area contributed by atoms with Crippen LogP contribution in [0.15, 0.2) is 0 Å². The van der Waals surface area contributed by atoms with Crippen molar-refractivity contribution in [1.82, 2.24) is 0 Å². The molecule has 0 aromatic rings. The van der Waals surface area contributed by atoms with Crippen LogP contribution in [-0.2, 0) is 8.85 Å². The Hall–Kier alpha value is 0.0969. The van der Waals surface area contributed by atoms with Gasteiger partial charge in [-0.15, -0.1) is 0 Å². The zero-order valence-electron chi connectivity index (χ0n) is 12.7. The molecule has 17 heavy (non-hydrogen) atoms. The van der Waals surface area contributed by atoms with Crippen molar-refractivity contribution >= 4 is 8.56 Å². The van der Waals surface area contributed by atoms with Crippen molar-refractivity contribution in [3.05, 3.63) is 0 Å². The van der Waals surface area contributed by atoms with Crippen molar-refractivity contribution in [2.45, 2.75) is 45.7 Å². The Kier molecular flexibility index (Phi) is 8.29. The Bertz CT molecular complexity index is 184. The monoisotopic (exact) mass is 262 g/mol. The second-order valence-electron chi connectivity index (χ2n) is 5.95. The van der Waals surface area contributed by atoms with Gasteiger partial charge in [0.1, 0.15) is 0 Å². The molecule has 0 fully saturated rings. The third kappa shape index (κ3) is 9.77. The standard InChI is InChI=1S/C13H32NO2Si/c1-7-11-15-17(6,16-12-8-2)13-9-10-14(3,4)5/h7-13H2,1-6H3/q+1. The Balaban J connectivity index is 4.08. The van der Waals surface area contributed by atoms with Crippen molar-refractivity contribution in [2.24, 2.45) is 0 Å². The first-order chi connectivity index (χ1) is 7.83. The molecule has 3 nitrogen and oxygen atoms in total. The van der Waals surface area contributed by atoms with Crippen LogP contribution in [0, 0.1) is 0 Å². The van der Waals surface area contributed by atoms with Crippen LogP contribution in [0.3, 0.4) is 0 Å². The topological polar surface area (TPSA) is 18.5 Å². The minimum absolute atomic E-state index is 0.844. The quantitative estimate of drug-likeness (QED) is 0.445. The average molecular weight is 262 g/mol. The van der Waals surface area contributed by atoms with Crippen LogP contribution in [0.5, 0.6) is 0 Å². The van der Waals surface area contributed by atoms with Crippen LogP contribution in [0.25, 0.3) is 0 Å². The highest BCUT2D eigenvalue weighted by atomic mass is 28.4. The van der Waals surface area contributed by atoms with E-state index in [9.17, 15) is 0 Å². The van der Waals surface area contributed by atoms with Crippen molar-refractivity contribution in [1.29, 1.82) is 0 Å². The van der Waals surface area contributed by atoms with Crippen LogP contribution in [0.1, 0.15) is 33.1 Å². The van der Waals surface area contributed by atoms with Crippen LogP contribution in [-0.4, -0.2) is 53.9 Å². The summed E-state index contributed by atoms with van der Waals surface area (Å²) < 4.78 is 13.0. The van der Waals surface area contributed by atoms with Gasteiger partial charge in [0.05, 0.1) is 27.7 Å². The van der Waals surface area contributed by atoms with Gasteiger partial charge >= 0.3 is 8.56 Å². The van der Waals surface area contributed by atoms with Crippen LogP contribution >= 0.6 is 0 Å². The molecule has 0 amide bonds. The van der Waals surface area contributed by atoms with Gasteiger partial charge in [-0.05, 0) is 31.9 Å². The first-order valence-electron chi connectivity index (χ1n) is 6.91. The van der Waals surface area contributed by atoms with Gasteiger partial charge in [-0.2, -0.15) is 0 Å². The zero-order valence-corrected chi connectivity index (χ0v) is 13.7. The highest BCUT2D eigenvalue weighted by Crippen LogP contribution is 2.17. The van der Waals surface area contributed by atoms with Gasteiger partial charge in [-0.3, -0.25) is 0 Å². The van der Waals surface area contributed by atoms with Crippen molar-refractivity contribution in [3.8, 4) is 0 Å². The fourth-order valence-electron chi connectivity index (χ4n) is 1.70. The van der Waals surface area contributed by atoms with E-state index in [-0.39, 0.29) is 0 Å². The average Bonchev–Trinajstić information content (AvgIpc) is 2.22. The van der Waals surface area contributed by atoms with Gasteiger partial charge in [0.15, 0.2) is 0 Å². The lowest BCUT2D eigenvalue weighted by molar-refractivity contribution is -0.870. The second-order valence-corrected chi connectivity index (χ2v) is 9.29. The van der Waals surface area contributed by atoms with E-state index in [2.05, 4.69) is 41.5 Å². The lowest BCUT2D eigenvalue weighted by Gasteiger charge is -2.29. The zero-order chi connectivity index (χ0) is 13.4. The molecule has 0 rings (SSSR count). The maximum Gasteiger partial charge on any atom is 0.335 e. The molecule has 0 heterocycles. The van der Waals surface area contributed by atoms with Gasteiger partial charge in [0.2, 0.25) is 0 Å². The van der Waals surface area contributed by atoms with Gasteiger partial charge in [-0.25, -0.2) is 0 Å². The summed E-state index contributed by atoms with van der Waals surface area (Å²) in [5.74, 6) is 0. The van der Waals surface area contributed by atoms with E-state index in [0.29, 0.717) is 0 Å². The van der Waals surface area contributed by atoms with E-state index in [1.807, 2.05) is 0 Å². The number of quaternary nitrogens is 1. The van der Waals surface area contributed by atoms with Crippen LogP contribution < -0.4 is 0 Å². The summed E-state index contributed by atoms with van der Waals surface area (Å²) >= 11 is 0. The summed E-state index contributed by atoms with van der Waals surface area (Å²) in [7, 11) is 4.80. The molecule has 0 aromatic carbocycles. The summed E-state index contributed by atoms with van der Waals surface area (Å²) in [6.07, 6.45) is 3.35. The molecular weight excluding hydrogens is 230 g/mol. The van der Waals surface area contributed by atoms with Crippen molar-refractivity contribution < 1.29 is 13.3 Å². The molecule has 0 bridgehead atoms. The number of nitrogens with zero attached hydrogens (tertiary/aromatic N) is 1. The first kappa shape index (κ1) is 17.1. The molecule has 0 saturated heterocycles. The normalized spacial score (nSPS) is 13.1. The minimum Gasteiger partial charge on any atom is -0.394 e. The summed E-state index contributed by atoms with van der Waals surface area (Å²) in [5.41, 5.74) is 0. The third-order valence-electron chi connectivity index (χ3n) is 2.68. The summed E-state index contributed by atoms with van der Waals surface area (Å²) in [5, 5.41) is 0. The lowest BCUT2D eigenvalue weighted by Crippen LogP contribution is -2.41. The predicted octanol–water partition coefficient (Wildman–Crippen LogP) is 3.01. The molecule has 0 saturated carbocycles. The number of hydrogen-bond donors (Lipinski definition) is 0. The largest absolute Gasteiger partial charge is 0.394 e. The molecule has 4 heteroatoms. The number of hydrogen-bond acceptors (Lipinski definition) is 2. The molecular formula is C13H32NO2Si+. The third-order valence-corrected chi connectivity index (χ3v) is 5.57. The molecule has 0 aliphatic heterocycles. The van der Waals surface area contributed by atoms with E-state index in [1.54, 1.807) is 0 Å². The summed E-state index contributed by atoms with van der Waals surface area (Å²) in [6, 6.07) is 1.11. The fraction of sp³-hybridized carbons (Fsp3) is 1.00. The number of rotatable bonds is 10. The summed E-state index contributed by atoms with van der Waals surface area (Å²) in [6.45, 7) is 9.40. The molecule has 0 radical (unpaired) electrons. The van der Waals surface area contributed by atoms with Gasteiger partial charge < -0.3 is 13.3 Å². The minimum atomic E-state index is -1.90. The van der Waals surface area contributed by atoms with Crippen molar-refractivity contribution in [2.75, 3.05) is 40.9 Å².